The summed E-state index contributed by atoms with van der Waals surface area (Å²) in [4.78, 5) is 24.6. The lowest BCUT2D eigenvalue weighted by molar-refractivity contribution is -0.136. The molecule has 0 unspecified atom stereocenters. The zero-order valence-corrected chi connectivity index (χ0v) is 16.5. The number of amides is 2. The highest BCUT2D eigenvalue weighted by Crippen LogP contribution is 2.20. The molecule has 1 aromatic rings. The third-order valence-electron chi connectivity index (χ3n) is 5.09. The molecule has 0 aliphatic heterocycles. The Morgan fingerprint density at radius 1 is 0.885 bits per heavy atom. The number of hydrogen-bond acceptors (Lipinski definition) is 2. The van der Waals surface area contributed by atoms with E-state index in [1.54, 1.807) is 12.1 Å². The van der Waals surface area contributed by atoms with Crippen molar-refractivity contribution in [3.05, 3.63) is 28.8 Å². The molecule has 0 spiro atoms. The molecule has 1 aromatic carbocycles. The molecule has 26 heavy (non-hydrogen) atoms. The first kappa shape index (κ1) is 20.8. The van der Waals surface area contributed by atoms with Gasteiger partial charge in [-0.25, -0.2) is 0 Å². The number of hydrogen-bond donors (Lipinski definition) is 2. The van der Waals surface area contributed by atoms with Gasteiger partial charge in [0.1, 0.15) is 0 Å². The van der Waals surface area contributed by atoms with Gasteiger partial charge in [0.15, 0.2) is 0 Å². The van der Waals surface area contributed by atoms with Gasteiger partial charge in [0.2, 0.25) is 0 Å². The Morgan fingerprint density at radius 3 is 2.00 bits per heavy atom. The lowest BCUT2D eigenvalue weighted by Crippen LogP contribution is -2.42. The third-order valence-corrected chi connectivity index (χ3v) is 5.33. The lowest BCUT2D eigenvalue weighted by atomic mass is 9.98. The van der Waals surface area contributed by atoms with Crippen LogP contribution in [0.2, 0.25) is 5.02 Å². The molecule has 0 saturated heterocycles. The lowest BCUT2D eigenvalue weighted by Gasteiger charge is -2.19. The minimum Gasteiger partial charge on any atom is -0.345 e. The summed E-state index contributed by atoms with van der Waals surface area (Å²) < 4.78 is 0. The molecule has 4 nitrogen and oxygen atoms in total. The fourth-order valence-electron chi connectivity index (χ4n) is 3.47. The average Bonchev–Trinajstić information content (AvgIpc) is 2.60. The Hall–Kier alpha value is -1.55. The van der Waals surface area contributed by atoms with Crippen LogP contribution < -0.4 is 10.6 Å². The maximum absolute atomic E-state index is 12.3. The SMILES string of the molecule is Cc1ccc(Cl)cc1NC(=O)C(=O)NC1CCCCCCCCCCC1. The van der Waals surface area contributed by atoms with E-state index in [0.29, 0.717) is 10.7 Å². The Morgan fingerprint density at radius 2 is 1.42 bits per heavy atom. The van der Waals surface area contributed by atoms with E-state index in [4.69, 9.17) is 11.6 Å². The molecule has 1 aliphatic rings. The zero-order chi connectivity index (χ0) is 18.8. The van der Waals surface area contributed by atoms with Gasteiger partial charge in [-0.1, -0.05) is 75.5 Å². The van der Waals surface area contributed by atoms with Crippen LogP contribution in [0, 0.1) is 6.92 Å². The summed E-state index contributed by atoms with van der Waals surface area (Å²) in [6.45, 7) is 1.87. The molecule has 1 fully saturated rings. The minimum atomic E-state index is -0.624. The van der Waals surface area contributed by atoms with E-state index >= 15 is 0 Å². The minimum absolute atomic E-state index is 0.0909. The number of rotatable bonds is 2. The highest BCUT2D eigenvalue weighted by atomic mass is 35.5. The summed E-state index contributed by atoms with van der Waals surface area (Å²) in [5.41, 5.74) is 1.46. The standard InChI is InChI=1S/C21H31ClN2O2/c1-16-13-14-17(22)15-19(16)24-21(26)20(25)23-18-11-9-7-5-3-2-4-6-8-10-12-18/h13-15,18H,2-12H2,1H3,(H,23,25)(H,24,26). The predicted octanol–water partition coefficient (Wildman–Crippen LogP) is 5.38. The number of benzene rings is 1. The summed E-state index contributed by atoms with van der Waals surface area (Å²) in [5, 5.41) is 6.15. The largest absolute Gasteiger partial charge is 0.345 e. The van der Waals surface area contributed by atoms with Crippen molar-refractivity contribution in [1.82, 2.24) is 5.32 Å². The smallest absolute Gasteiger partial charge is 0.313 e. The van der Waals surface area contributed by atoms with Crippen molar-refractivity contribution in [2.75, 3.05) is 5.32 Å². The predicted molar refractivity (Wildman–Crippen MR) is 108 cm³/mol. The van der Waals surface area contributed by atoms with Gasteiger partial charge in [-0.15, -0.1) is 0 Å². The molecule has 0 radical (unpaired) electrons. The van der Waals surface area contributed by atoms with E-state index in [1.807, 2.05) is 13.0 Å². The van der Waals surface area contributed by atoms with Crippen molar-refractivity contribution in [3.8, 4) is 0 Å². The van der Waals surface area contributed by atoms with Gasteiger partial charge in [0.05, 0.1) is 0 Å². The quantitative estimate of drug-likeness (QED) is 0.679. The zero-order valence-electron chi connectivity index (χ0n) is 15.8. The van der Waals surface area contributed by atoms with Crippen molar-refractivity contribution in [2.24, 2.45) is 0 Å². The van der Waals surface area contributed by atoms with E-state index < -0.39 is 11.8 Å². The molecule has 0 aromatic heterocycles. The van der Waals surface area contributed by atoms with E-state index in [1.165, 1.54) is 44.9 Å². The number of carbonyl (C=O) groups excluding carboxylic acids is 2. The fraction of sp³-hybridized carbons (Fsp3) is 0.619. The van der Waals surface area contributed by atoms with Gasteiger partial charge in [-0.2, -0.15) is 0 Å². The van der Waals surface area contributed by atoms with E-state index in [2.05, 4.69) is 10.6 Å². The van der Waals surface area contributed by atoms with Crippen LogP contribution in [0.15, 0.2) is 18.2 Å². The number of carbonyl (C=O) groups is 2. The van der Waals surface area contributed by atoms with E-state index in [0.717, 1.165) is 31.2 Å². The van der Waals surface area contributed by atoms with Crippen LogP contribution in [0.5, 0.6) is 0 Å². The molecule has 1 aliphatic carbocycles. The molecular weight excluding hydrogens is 348 g/mol. The van der Waals surface area contributed by atoms with Gasteiger partial charge in [-0.3, -0.25) is 9.59 Å². The van der Waals surface area contributed by atoms with Gasteiger partial charge < -0.3 is 10.6 Å². The summed E-state index contributed by atoms with van der Waals surface area (Å²) in [5.74, 6) is -1.18. The average molecular weight is 379 g/mol. The Kier molecular flexibility index (Phi) is 8.96. The monoisotopic (exact) mass is 378 g/mol. The Balaban J connectivity index is 1.87. The number of anilines is 1. The first-order valence-corrected chi connectivity index (χ1v) is 10.3. The number of halogens is 1. The van der Waals surface area contributed by atoms with Crippen LogP contribution in [0.1, 0.15) is 76.2 Å². The second kappa shape index (κ2) is 11.2. The van der Waals surface area contributed by atoms with Crippen molar-refractivity contribution in [3.63, 3.8) is 0 Å². The molecular formula is C21H31ClN2O2. The molecule has 144 valence electrons. The van der Waals surface area contributed by atoms with Crippen LogP contribution in [-0.2, 0) is 9.59 Å². The van der Waals surface area contributed by atoms with Gasteiger partial charge in [-0.05, 0) is 37.5 Å². The van der Waals surface area contributed by atoms with Gasteiger partial charge in [0.25, 0.3) is 0 Å². The molecule has 2 rings (SSSR count). The molecule has 0 heterocycles. The normalized spacial score (nSPS) is 17.6. The van der Waals surface area contributed by atoms with E-state index in [9.17, 15) is 9.59 Å². The number of nitrogens with one attached hydrogen (secondary N) is 2. The highest BCUT2D eigenvalue weighted by Gasteiger charge is 2.19. The van der Waals surface area contributed by atoms with E-state index in [-0.39, 0.29) is 6.04 Å². The first-order chi connectivity index (χ1) is 12.6. The summed E-state index contributed by atoms with van der Waals surface area (Å²) in [6.07, 6.45) is 13.1. The van der Waals surface area contributed by atoms with Crippen molar-refractivity contribution >= 4 is 29.1 Å². The van der Waals surface area contributed by atoms with Gasteiger partial charge >= 0.3 is 11.8 Å². The van der Waals surface area contributed by atoms with Crippen LogP contribution in [0.4, 0.5) is 5.69 Å². The van der Waals surface area contributed by atoms with Crippen molar-refractivity contribution in [2.45, 2.75) is 83.6 Å². The highest BCUT2D eigenvalue weighted by molar-refractivity contribution is 6.40. The molecule has 0 bridgehead atoms. The van der Waals surface area contributed by atoms with Crippen LogP contribution in [0.3, 0.4) is 0 Å². The molecule has 5 heteroatoms. The summed E-state index contributed by atoms with van der Waals surface area (Å²) >= 11 is 5.97. The number of aryl methyl sites for hydroxylation is 1. The Labute approximate surface area is 162 Å². The maximum atomic E-state index is 12.3. The van der Waals surface area contributed by atoms with Crippen LogP contribution in [-0.4, -0.2) is 17.9 Å². The molecule has 2 amide bonds. The molecule has 1 saturated carbocycles. The third kappa shape index (κ3) is 7.36. The fourth-order valence-corrected chi connectivity index (χ4v) is 3.64. The van der Waals surface area contributed by atoms with Crippen molar-refractivity contribution in [1.29, 1.82) is 0 Å². The topological polar surface area (TPSA) is 58.2 Å². The second-order valence-electron chi connectivity index (χ2n) is 7.34. The summed E-state index contributed by atoms with van der Waals surface area (Å²) in [7, 11) is 0. The molecule has 2 N–H and O–H groups in total. The second-order valence-corrected chi connectivity index (χ2v) is 7.78. The van der Waals surface area contributed by atoms with Gasteiger partial charge in [0, 0.05) is 16.8 Å². The van der Waals surface area contributed by atoms with Crippen LogP contribution >= 0.6 is 11.6 Å². The summed E-state index contributed by atoms with van der Waals surface area (Å²) in [6, 6.07) is 5.34. The van der Waals surface area contributed by atoms with Crippen LogP contribution in [0.25, 0.3) is 0 Å². The Bertz CT molecular complexity index is 592. The maximum Gasteiger partial charge on any atom is 0.313 e. The molecule has 0 atom stereocenters. The first-order valence-electron chi connectivity index (χ1n) is 9.94. The van der Waals surface area contributed by atoms with Crippen molar-refractivity contribution < 1.29 is 9.59 Å².